The molecule has 0 fully saturated rings. The number of rotatable bonds is 6. The Hall–Kier alpha value is -2.86. The normalized spacial score (nSPS) is 15.1. The van der Waals surface area contributed by atoms with Gasteiger partial charge in [0, 0.05) is 23.4 Å². The summed E-state index contributed by atoms with van der Waals surface area (Å²) in [5.74, 6) is 1.73. The van der Waals surface area contributed by atoms with E-state index in [0.29, 0.717) is 29.6 Å². The maximum absolute atomic E-state index is 12.2. The maximum Gasteiger partial charge on any atom is 0.257 e. The molecule has 2 heterocycles. The second kappa shape index (κ2) is 8.02. The monoisotopic (exact) mass is 397 g/mol. The van der Waals surface area contributed by atoms with Gasteiger partial charge in [0.05, 0.1) is 6.54 Å². The summed E-state index contributed by atoms with van der Waals surface area (Å²) in [6, 6.07) is 13.3. The van der Waals surface area contributed by atoms with Crippen molar-refractivity contribution in [2.75, 3.05) is 0 Å². The van der Waals surface area contributed by atoms with Gasteiger partial charge >= 0.3 is 0 Å². The predicted octanol–water partition coefficient (Wildman–Crippen LogP) is 3.96. The van der Waals surface area contributed by atoms with Crippen LogP contribution in [-0.2, 0) is 24.2 Å². The average Bonchev–Trinajstić information content (AvgIpc) is 3.30. The number of aryl methyl sites for hydroxylation is 1. The van der Waals surface area contributed by atoms with Crippen LogP contribution in [0, 0.1) is 0 Å². The standard InChI is InChI=1S/C21H20ClN3O3/c1-13-10-16-11-14(2-8-18(16)27-13)3-9-20(26)23-12-19-24-21(28-25-19)15-4-6-17(22)7-5-15/h2,4-8,11,13H,3,9-10,12H2,1H3,(H,23,26)/t13-/m0/s1. The number of fused-ring (bicyclic) bond motifs is 1. The molecule has 3 aromatic rings. The maximum atomic E-state index is 12.2. The van der Waals surface area contributed by atoms with Gasteiger partial charge < -0.3 is 14.6 Å². The van der Waals surface area contributed by atoms with E-state index in [0.717, 1.165) is 23.3 Å². The first-order chi connectivity index (χ1) is 13.6. The largest absolute Gasteiger partial charge is 0.490 e. The molecule has 28 heavy (non-hydrogen) atoms. The zero-order valence-corrected chi connectivity index (χ0v) is 16.2. The molecule has 0 saturated heterocycles. The van der Waals surface area contributed by atoms with E-state index in [4.69, 9.17) is 20.9 Å². The van der Waals surface area contributed by atoms with Crippen LogP contribution in [0.3, 0.4) is 0 Å². The molecular formula is C21H20ClN3O3. The Morgan fingerprint density at radius 3 is 2.89 bits per heavy atom. The SMILES string of the molecule is C[C@H]1Cc2cc(CCC(=O)NCc3noc(-c4ccc(Cl)cc4)n3)ccc2O1. The van der Waals surface area contributed by atoms with Crippen LogP contribution in [-0.4, -0.2) is 22.2 Å². The van der Waals surface area contributed by atoms with Crippen molar-refractivity contribution in [1.82, 2.24) is 15.5 Å². The van der Waals surface area contributed by atoms with E-state index in [1.165, 1.54) is 5.56 Å². The van der Waals surface area contributed by atoms with Crippen LogP contribution in [0.4, 0.5) is 0 Å². The van der Waals surface area contributed by atoms with Crippen LogP contribution in [0.5, 0.6) is 5.75 Å². The summed E-state index contributed by atoms with van der Waals surface area (Å²) in [7, 11) is 0. The predicted molar refractivity (Wildman–Crippen MR) is 105 cm³/mol. The topological polar surface area (TPSA) is 77.3 Å². The number of hydrogen-bond acceptors (Lipinski definition) is 5. The molecule has 6 nitrogen and oxygen atoms in total. The van der Waals surface area contributed by atoms with Gasteiger partial charge in [-0.3, -0.25) is 4.79 Å². The molecule has 7 heteroatoms. The number of hydrogen-bond donors (Lipinski definition) is 1. The molecule has 0 aliphatic carbocycles. The molecule has 1 aliphatic rings. The van der Waals surface area contributed by atoms with E-state index >= 15 is 0 Å². The Bertz CT molecular complexity index is 985. The number of amides is 1. The van der Waals surface area contributed by atoms with Crippen LogP contribution in [0.2, 0.25) is 5.02 Å². The highest BCUT2D eigenvalue weighted by molar-refractivity contribution is 6.30. The quantitative estimate of drug-likeness (QED) is 0.681. The summed E-state index contributed by atoms with van der Waals surface area (Å²) in [5, 5.41) is 7.38. The van der Waals surface area contributed by atoms with Gasteiger partial charge in [0.2, 0.25) is 5.91 Å². The van der Waals surface area contributed by atoms with E-state index in [-0.39, 0.29) is 18.6 Å². The van der Waals surface area contributed by atoms with Gasteiger partial charge in [0.1, 0.15) is 11.9 Å². The fourth-order valence-electron chi connectivity index (χ4n) is 3.19. The lowest BCUT2D eigenvalue weighted by Crippen LogP contribution is -2.23. The fraction of sp³-hybridized carbons (Fsp3) is 0.286. The minimum absolute atomic E-state index is 0.0528. The molecule has 1 aliphatic heterocycles. The first-order valence-corrected chi connectivity index (χ1v) is 9.58. The highest BCUT2D eigenvalue weighted by Gasteiger charge is 2.19. The van der Waals surface area contributed by atoms with Gasteiger partial charge in [-0.1, -0.05) is 28.9 Å². The molecule has 0 unspecified atom stereocenters. The number of benzene rings is 2. The molecular weight excluding hydrogens is 378 g/mol. The molecule has 0 spiro atoms. The second-order valence-electron chi connectivity index (χ2n) is 6.87. The van der Waals surface area contributed by atoms with Crippen LogP contribution >= 0.6 is 11.6 Å². The summed E-state index contributed by atoms with van der Waals surface area (Å²) < 4.78 is 10.9. The fourth-order valence-corrected chi connectivity index (χ4v) is 3.32. The highest BCUT2D eigenvalue weighted by Crippen LogP contribution is 2.29. The Balaban J connectivity index is 1.27. The number of nitrogens with zero attached hydrogens (tertiary/aromatic N) is 2. The molecule has 1 N–H and O–H groups in total. The molecule has 2 aromatic carbocycles. The Kier molecular flexibility index (Phi) is 5.30. The van der Waals surface area contributed by atoms with Gasteiger partial charge in [0.15, 0.2) is 5.82 Å². The summed E-state index contributed by atoms with van der Waals surface area (Å²) in [5.41, 5.74) is 3.13. The Morgan fingerprint density at radius 2 is 2.07 bits per heavy atom. The summed E-state index contributed by atoms with van der Waals surface area (Å²) in [4.78, 5) is 16.5. The van der Waals surface area contributed by atoms with Crippen molar-refractivity contribution >= 4 is 17.5 Å². The van der Waals surface area contributed by atoms with Crippen molar-refractivity contribution < 1.29 is 14.1 Å². The lowest BCUT2D eigenvalue weighted by molar-refractivity contribution is -0.121. The first-order valence-electron chi connectivity index (χ1n) is 9.20. The molecule has 1 amide bonds. The number of carbonyl (C=O) groups excluding carboxylic acids is 1. The molecule has 0 radical (unpaired) electrons. The van der Waals surface area contributed by atoms with Gasteiger partial charge in [-0.15, -0.1) is 0 Å². The van der Waals surface area contributed by atoms with E-state index in [2.05, 4.69) is 28.4 Å². The van der Waals surface area contributed by atoms with Crippen molar-refractivity contribution in [3.05, 3.63) is 64.4 Å². The highest BCUT2D eigenvalue weighted by atomic mass is 35.5. The third kappa shape index (κ3) is 4.34. The van der Waals surface area contributed by atoms with E-state index in [9.17, 15) is 4.79 Å². The molecule has 0 saturated carbocycles. The summed E-state index contributed by atoms with van der Waals surface area (Å²) in [6.07, 6.45) is 2.22. The number of nitrogens with one attached hydrogen (secondary N) is 1. The summed E-state index contributed by atoms with van der Waals surface area (Å²) >= 11 is 5.88. The Morgan fingerprint density at radius 1 is 1.25 bits per heavy atom. The van der Waals surface area contributed by atoms with Crippen molar-refractivity contribution in [2.45, 2.75) is 38.8 Å². The van der Waals surface area contributed by atoms with Gasteiger partial charge in [-0.25, -0.2) is 0 Å². The smallest absolute Gasteiger partial charge is 0.257 e. The summed E-state index contributed by atoms with van der Waals surface area (Å²) in [6.45, 7) is 2.29. The minimum Gasteiger partial charge on any atom is -0.490 e. The number of ether oxygens (including phenoxy) is 1. The van der Waals surface area contributed by atoms with Gasteiger partial charge in [-0.2, -0.15) is 4.98 Å². The average molecular weight is 398 g/mol. The molecule has 0 bridgehead atoms. The van der Waals surface area contributed by atoms with Crippen LogP contribution in [0.1, 0.15) is 30.3 Å². The second-order valence-corrected chi connectivity index (χ2v) is 7.31. The zero-order valence-electron chi connectivity index (χ0n) is 15.4. The van der Waals surface area contributed by atoms with E-state index < -0.39 is 0 Å². The minimum atomic E-state index is -0.0528. The number of aromatic nitrogens is 2. The molecule has 4 rings (SSSR count). The lowest BCUT2D eigenvalue weighted by Gasteiger charge is -2.05. The van der Waals surface area contributed by atoms with Crippen molar-refractivity contribution in [3.63, 3.8) is 0 Å². The van der Waals surface area contributed by atoms with Crippen molar-refractivity contribution in [1.29, 1.82) is 0 Å². The number of halogens is 1. The van der Waals surface area contributed by atoms with Crippen LogP contribution < -0.4 is 10.1 Å². The van der Waals surface area contributed by atoms with Crippen LogP contribution in [0.15, 0.2) is 47.0 Å². The third-order valence-electron chi connectivity index (χ3n) is 4.60. The zero-order chi connectivity index (χ0) is 19.5. The van der Waals surface area contributed by atoms with Gasteiger partial charge in [-0.05, 0) is 54.8 Å². The third-order valence-corrected chi connectivity index (χ3v) is 4.86. The lowest BCUT2D eigenvalue weighted by atomic mass is 10.0. The van der Waals surface area contributed by atoms with Crippen molar-refractivity contribution in [2.24, 2.45) is 0 Å². The van der Waals surface area contributed by atoms with Gasteiger partial charge in [0.25, 0.3) is 5.89 Å². The van der Waals surface area contributed by atoms with Crippen molar-refractivity contribution in [3.8, 4) is 17.2 Å². The van der Waals surface area contributed by atoms with Crippen LogP contribution in [0.25, 0.3) is 11.5 Å². The van der Waals surface area contributed by atoms with E-state index in [1.807, 2.05) is 12.1 Å². The first kappa shape index (κ1) is 18.5. The Labute approximate surface area is 167 Å². The molecule has 1 aromatic heterocycles. The molecule has 144 valence electrons. The number of carbonyl (C=O) groups is 1. The van der Waals surface area contributed by atoms with E-state index in [1.54, 1.807) is 24.3 Å². The molecule has 1 atom stereocenters.